The van der Waals surface area contributed by atoms with Crippen LogP contribution in [0.3, 0.4) is 0 Å². The Morgan fingerprint density at radius 3 is 2.36 bits per heavy atom. The van der Waals surface area contributed by atoms with Crippen LogP contribution in [0.15, 0.2) is 12.2 Å². The number of hydrogen-bond donors (Lipinski definition) is 1. The van der Waals surface area contributed by atoms with Gasteiger partial charge in [-0.25, -0.2) is 4.79 Å². The maximum absolute atomic E-state index is 11.0. The van der Waals surface area contributed by atoms with Gasteiger partial charge in [0.05, 0.1) is 0 Å². The Hall–Kier alpha value is -1.45. The van der Waals surface area contributed by atoms with Crippen molar-refractivity contribution in [2.24, 2.45) is 0 Å². The topological polar surface area (TPSA) is 71.4 Å². The van der Waals surface area contributed by atoms with Crippen LogP contribution in [-0.2, 0) is 14.4 Å². The van der Waals surface area contributed by atoms with E-state index in [4.69, 9.17) is 5.11 Å². The van der Waals surface area contributed by atoms with Gasteiger partial charge in [-0.05, 0) is 18.9 Å². The molecule has 0 saturated heterocycles. The van der Waals surface area contributed by atoms with Crippen molar-refractivity contribution < 1.29 is 19.5 Å². The number of unbranched alkanes of at least 4 members (excludes halogenated alkanes) is 3. The van der Waals surface area contributed by atoms with E-state index in [0.717, 1.165) is 31.3 Å². The monoisotopic (exact) mass is 198 g/mol. The lowest BCUT2D eigenvalue weighted by Gasteiger charge is -1.94. The maximum Gasteiger partial charge on any atom is 0.328 e. The molecule has 0 saturated carbocycles. The summed E-state index contributed by atoms with van der Waals surface area (Å²) < 4.78 is 0. The Kier molecular flexibility index (Phi) is 7.32. The van der Waals surface area contributed by atoms with Crippen LogP contribution < -0.4 is 0 Å². The van der Waals surface area contributed by atoms with Crippen molar-refractivity contribution in [1.82, 2.24) is 0 Å². The van der Waals surface area contributed by atoms with Crippen LogP contribution in [0.25, 0.3) is 0 Å². The van der Waals surface area contributed by atoms with Gasteiger partial charge in [-0.2, -0.15) is 0 Å². The van der Waals surface area contributed by atoms with Crippen LogP contribution in [0, 0.1) is 0 Å². The highest BCUT2D eigenvalue weighted by atomic mass is 16.4. The van der Waals surface area contributed by atoms with E-state index < -0.39 is 5.97 Å². The maximum atomic E-state index is 11.0. The molecule has 4 nitrogen and oxygen atoms in total. The number of hydrogen-bond acceptors (Lipinski definition) is 3. The molecule has 4 heteroatoms. The molecule has 0 radical (unpaired) electrons. The van der Waals surface area contributed by atoms with E-state index in [1.54, 1.807) is 0 Å². The average Bonchev–Trinajstić information content (AvgIpc) is 2.14. The molecule has 0 heterocycles. The molecule has 0 aliphatic heterocycles. The minimum Gasteiger partial charge on any atom is -0.478 e. The predicted molar refractivity (Wildman–Crippen MR) is 50.9 cm³/mol. The molecule has 1 N–H and O–H groups in total. The molecule has 0 spiro atoms. The van der Waals surface area contributed by atoms with E-state index in [0.29, 0.717) is 19.3 Å². The highest BCUT2D eigenvalue weighted by molar-refractivity contribution is 5.95. The molecule has 0 unspecified atom stereocenters. The Morgan fingerprint density at radius 1 is 1.07 bits per heavy atom. The molecule has 0 bridgehead atoms. The number of rotatable bonds is 8. The number of aldehydes is 1. The normalized spacial score (nSPS) is 10.3. The van der Waals surface area contributed by atoms with Crippen LogP contribution in [0.5, 0.6) is 0 Å². The third-order valence-electron chi connectivity index (χ3n) is 1.66. The number of carboxylic acids is 1. The molecule has 0 atom stereocenters. The molecule has 0 rings (SSSR count). The summed E-state index contributed by atoms with van der Waals surface area (Å²) in [7, 11) is 0. The van der Waals surface area contributed by atoms with Gasteiger partial charge in [0.15, 0.2) is 5.78 Å². The number of ketones is 1. The predicted octanol–water partition coefficient (Wildman–Crippen LogP) is 1.35. The molecule has 0 aromatic carbocycles. The summed E-state index contributed by atoms with van der Waals surface area (Å²) >= 11 is 0. The van der Waals surface area contributed by atoms with E-state index in [1.807, 2.05) is 0 Å². The molecular weight excluding hydrogens is 184 g/mol. The smallest absolute Gasteiger partial charge is 0.328 e. The number of aliphatic carboxylic acids is 1. The van der Waals surface area contributed by atoms with Gasteiger partial charge < -0.3 is 9.90 Å². The zero-order valence-electron chi connectivity index (χ0n) is 7.94. The summed E-state index contributed by atoms with van der Waals surface area (Å²) in [5, 5.41) is 8.23. The second-order valence-electron chi connectivity index (χ2n) is 2.90. The fourth-order valence-electron chi connectivity index (χ4n) is 0.951. The lowest BCUT2D eigenvalue weighted by Crippen LogP contribution is -1.95. The zero-order valence-corrected chi connectivity index (χ0v) is 7.94. The van der Waals surface area contributed by atoms with Crippen LogP contribution in [0.4, 0.5) is 0 Å². The van der Waals surface area contributed by atoms with E-state index in [9.17, 15) is 14.4 Å². The minimum atomic E-state index is -1.11. The van der Waals surface area contributed by atoms with Crippen LogP contribution in [0.1, 0.15) is 32.1 Å². The molecule has 78 valence electrons. The van der Waals surface area contributed by atoms with Gasteiger partial charge in [-0.3, -0.25) is 4.79 Å². The number of allylic oxidation sites excluding steroid dienone is 1. The molecule has 0 aliphatic rings. The van der Waals surface area contributed by atoms with Crippen molar-refractivity contribution >= 4 is 18.0 Å². The summed E-state index contributed by atoms with van der Waals surface area (Å²) in [5.41, 5.74) is 0. The molecule has 14 heavy (non-hydrogen) atoms. The van der Waals surface area contributed by atoms with Gasteiger partial charge in [0, 0.05) is 18.9 Å². The van der Waals surface area contributed by atoms with E-state index in [2.05, 4.69) is 0 Å². The van der Waals surface area contributed by atoms with Gasteiger partial charge in [0.25, 0.3) is 0 Å². The fourth-order valence-corrected chi connectivity index (χ4v) is 0.951. The number of carbonyl (C=O) groups excluding carboxylic acids is 2. The Bertz CT molecular complexity index is 230. The molecule has 0 aromatic heterocycles. The molecule has 0 amide bonds. The van der Waals surface area contributed by atoms with Crippen molar-refractivity contribution in [2.45, 2.75) is 32.1 Å². The van der Waals surface area contributed by atoms with Gasteiger partial charge in [0.2, 0.25) is 0 Å². The van der Waals surface area contributed by atoms with E-state index in [-0.39, 0.29) is 5.78 Å². The second kappa shape index (κ2) is 8.16. The summed E-state index contributed by atoms with van der Waals surface area (Å²) in [6.45, 7) is 0. The summed E-state index contributed by atoms with van der Waals surface area (Å²) in [6.07, 6.45) is 5.96. The van der Waals surface area contributed by atoms with Gasteiger partial charge in [-0.1, -0.05) is 6.42 Å². The van der Waals surface area contributed by atoms with Gasteiger partial charge in [0.1, 0.15) is 6.29 Å². The largest absolute Gasteiger partial charge is 0.478 e. The fraction of sp³-hybridized carbons (Fsp3) is 0.500. The Morgan fingerprint density at radius 2 is 1.79 bits per heavy atom. The molecule has 0 fully saturated rings. The second-order valence-corrected chi connectivity index (χ2v) is 2.90. The molecule has 0 aliphatic carbocycles. The first kappa shape index (κ1) is 12.6. The van der Waals surface area contributed by atoms with Crippen LogP contribution in [0.2, 0.25) is 0 Å². The first-order valence-electron chi connectivity index (χ1n) is 4.54. The summed E-state index contributed by atoms with van der Waals surface area (Å²) in [6, 6.07) is 0. The minimum absolute atomic E-state index is 0.182. The highest BCUT2D eigenvalue weighted by Gasteiger charge is 1.97. The lowest BCUT2D eigenvalue weighted by molar-refractivity contribution is -0.131. The van der Waals surface area contributed by atoms with Crippen LogP contribution in [-0.4, -0.2) is 23.1 Å². The number of carbonyl (C=O) groups is 3. The van der Waals surface area contributed by atoms with Gasteiger partial charge in [-0.15, -0.1) is 0 Å². The van der Waals surface area contributed by atoms with E-state index >= 15 is 0 Å². The highest BCUT2D eigenvalue weighted by Crippen LogP contribution is 2.02. The molecular formula is C10H14O4. The average molecular weight is 198 g/mol. The van der Waals surface area contributed by atoms with Gasteiger partial charge >= 0.3 is 5.97 Å². The quantitative estimate of drug-likeness (QED) is 0.363. The van der Waals surface area contributed by atoms with E-state index in [1.165, 1.54) is 0 Å². The lowest BCUT2D eigenvalue weighted by atomic mass is 10.1. The summed E-state index contributed by atoms with van der Waals surface area (Å²) in [5.74, 6) is -1.29. The summed E-state index contributed by atoms with van der Waals surface area (Å²) in [4.78, 5) is 30.9. The molecule has 0 aromatic rings. The third kappa shape index (κ3) is 8.64. The van der Waals surface area contributed by atoms with Crippen molar-refractivity contribution in [3.05, 3.63) is 12.2 Å². The van der Waals surface area contributed by atoms with Crippen LogP contribution >= 0.6 is 0 Å². The Balaban J connectivity index is 3.44. The first-order chi connectivity index (χ1) is 6.66. The number of carboxylic acid groups (broad SMARTS) is 1. The first-order valence-corrected chi connectivity index (χ1v) is 4.54. The standard InChI is InChI=1S/C10H14O4/c11-8-4-2-1-3-5-9(12)6-7-10(13)14/h6-8H,1-5H2,(H,13,14)/b7-6+. The SMILES string of the molecule is O=CCCCCCC(=O)/C=C/C(=O)O. The third-order valence-corrected chi connectivity index (χ3v) is 1.66. The Labute approximate surface area is 82.6 Å². The van der Waals surface area contributed by atoms with Crippen molar-refractivity contribution in [3.63, 3.8) is 0 Å². The van der Waals surface area contributed by atoms with Crippen molar-refractivity contribution in [2.75, 3.05) is 0 Å². The zero-order chi connectivity index (χ0) is 10.8. The van der Waals surface area contributed by atoms with Crippen molar-refractivity contribution in [3.8, 4) is 0 Å². The van der Waals surface area contributed by atoms with Crippen molar-refractivity contribution in [1.29, 1.82) is 0 Å².